The lowest BCUT2D eigenvalue weighted by Crippen LogP contribution is -2.31. The van der Waals surface area contributed by atoms with Crippen molar-refractivity contribution in [2.75, 3.05) is 20.3 Å². The zero-order valence-electron chi connectivity index (χ0n) is 12.4. The minimum absolute atomic E-state index is 0.467. The van der Waals surface area contributed by atoms with E-state index in [1.165, 1.54) is 0 Å². The molecule has 5 nitrogen and oxygen atoms in total. The third-order valence-electron chi connectivity index (χ3n) is 4.04. The van der Waals surface area contributed by atoms with Crippen LogP contribution in [0.15, 0.2) is 24.3 Å². The molecule has 0 heterocycles. The van der Waals surface area contributed by atoms with Crippen LogP contribution in [0.1, 0.15) is 25.7 Å². The minimum atomic E-state index is -0.932. The fourth-order valence-electron chi connectivity index (χ4n) is 2.74. The van der Waals surface area contributed by atoms with Gasteiger partial charge in [0.25, 0.3) is 0 Å². The largest absolute Gasteiger partial charge is 0.497 e. The van der Waals surface area contributed by atoms with Crippen LogP contribution in [0.4, 0.5) is 4.79 Å². The molecule has 0 radical (unpaired) electrons. The Labute approximate surface area is 125 Å². The quantitative estimate of drug-likeness (QED) is 0.845. The van der Waals surface area contributed by atoms with Crippen molar-refractivity contribution < 1.29 is 19.4 Å². The maximum absolute atomic E-state index is 10.5. The highest BCUT2D eigenvalue weighted by atomic mass is 16.5. The highest BCUT2D eigenvalue weighted by Gasteiger charge is 2.22. The molecule has 0 spiro atoms. The van der Waals surface area contributed by atoms with Crippen LogP contribution in [0.3, 0.4) is 0 Å². The smallest absolute Gasteiger partial charge is 0.404 e. The van der Waals surface area contributed by atoms with Gasteiger partial charge in [0.1, 0.15) is 11.5 Å². The number of carboxylic acid groups (broad SMARTS) is 1. The summed E-state index contributed by atoms with van der Waals surface area (Å²) >= 11 is 0. The third-order valence-corrected chi connectivity index (χ3v) is 4.04. The fraction of sp³-hybridized carbons (Fsp3) is 0.562. The van der Waals surface area contributed by atoms with Crippen molar-refractivity contribution in [1.82, 2.24) is 5.32 Å². The number of rotatable bonds is 6. The summed E-state index contributed by atoms with van der Waals surface area (Å²) in [4.78, 5) is 10.5. The van der Waals surface area contributed by atoms with E-state index in [9.17, 15) is 4.79 Å². The molecule has 0 aromatic heterocycles. The van der Waals surface area contributed by atoms with Crippen LogP contribution in [0.2, 0.25) is 0 Å². The lowest BCUT2D eigenvalue weighted by Gasteiger charge is -2.28. The highest BCUT2D eigenvalue weighted by Crippen LogP contribution is 2.29. The lowest BCUT2D eigenvalue weighted by atomic mass is 9.82. The van der Waals surface area contributed by atoms with Crippen LogP contribution in [-0.4, -0.2) is 31.5 Å². The number of carbonyl (C=O) groups is 1. The van der Waals surface area contributed by atoms with Gasteiger partial charge in [0.2, 0.25) is 0 Å². The first-order chi connectivity index (χ1) is 10.2. The highest BCUT2D eigenvalue weighted by molar-refractivity contribution is 5.64. The Bertz CT molecular complexity index is 455. The van der Waals surface area contributed by atoms with Gasteiger partial charge in [-0.05, 0) is 49.7 Å². The Morgan fingerprint density at radius 2 is 1.90 bits per heavy atom. The summed E-state index contributed by atoms with van der Waals surface area (Å²) < 4.78 is 11.0. The second-order valence-electron chi connectivity index (χ2n) is 5.56. The standard InChI is InChI=1S/C16H23NO4/c1-20-14-3-2-4-15(9-14)21-11-13-7-5-12(6-8-13)10-17-16(18)19/h2-4,9,12-13,17H,5-8,10-11H2,1H3,(H,18,19). The van der Waals surface area contributed by atoms with Gasteiger partial charge in [0.15, 0.2) is 0 Å². The van der Waals surface area contributed by atoms with Gasteiger partial charge in [-0.1, -0.05) is 6.07 Å². The molecular weight excluding hydrogens is 270 g/mol. The number of methoxy groups -OCH3 is 1. The monoisotopic (exact) mass is 293 g/mol. The van der Waals surface area contributed by atoms with E-state index >= 15 is 0 Å². The van der Waals surface area contributed by atoms with E-state index in [1.54, 1.807) is 7.11 Å². The van der Waals surface area contributed by atoms with Gasteiger partial charge in [-0.2, -0.15) is 0 Å². The number of hydrogen-bond donors (Lipinski definition) is 2. The Kier molecular flexibility index (Phi) is 5.72. The van der Waals surface area contributed by atoms with Gasteiger partial charge >= 0.3 is 6.09 Å². The molecule has 2 rings (SSSR count). The molecule has 1 saturated carbocycles. The Hall–Kier alpha value is -1.91. The van der Waals surface area contributed by atoms with Gasteiger partial charge in [-0.3, -0.25) is 0 Å². The molecule has 0 bridgehead atoms. The SMILES string of the molecule is COc1cccc(OCC2CCC(CNC(=O)O)CC2)c1. The average Bonchev–Trinajstić information content (AvgIpc) is 2.52. The number of nitrogens with one attached hydrogen (secondary N) is 1. The summed E-state index contributed by atoms with van der Waals surface area (Å²) in [6.45, 7) is 1.28. The molecule has 1 aliphatic rings. The molecule has 1 fully saturated rings. The predicted octanol–water partition coefficient (Wildman–Crippen LogP) is 3.15. The van der Waals surface area contributed by atoms with E-state index in [0.717, 1.165) is 37.2 Å². The maximum Gasteiger partial charge on any atom is 0.404 e. The van der Waals surface area contributed by atoms with Crippen molar-refractivity contribution in [2.24, 2.45) is 11.8 Å². The zero-order valence-corrected chi connectivity index (χ0v) is 12.4. The van der Waals surface area contributed by atoms with E-state index in [2.05, 4.69) is 5.32 Å². The molecule has 0 unspecified atom stereocenters. The molecule has 2 N–H and O–H groups in total. The summed E-state index contributed by atoms with van der Waals surface area (Å²) in [5, 5.41) is 11.1. The first-order valence-corrected chi connectivity index (χ1v) is 7.41. The fourth-order valence-corrected chi connectivity index (χ4v) is 2.74. The molecule has 5 heteroatoms. The van der Waals surface area contributed by atoms with Crippen molar-refractivity contribution in [3.8, 4) is 11.5 Å². The van der Waals surface area contributed by atoms with E-state index in [1.807, 2.05) is 24.3 Å². The summed E-state index contributed by atoms with van der Waals surface area (Å²) in [5.41, 5.74) is 0. The second-order valence-corrected chi connectivity index (χ2v) is 5.56. The topological polar surface area (TPSA) is 67.8 Å². The maximum atomic E-state index is 10.5. The molecule has 0 aliphatic heterocycles. The summed E-state index contributed by atoms with van der Waals surface area (Å²) in [6.07, 6.45) is 3.38. The van der Waals surface area contributed by atoms with Gasteiger partial charge in [-0.15, -0.1) is 0 Å². The van der Waals surface area contributed by atoms with Crippen LogP contribution >= 0.6 is 0 Å². The van der Waals surface area contributed by atoms with E-state index in [-0.39, 0.29) is 0 Å². The number of hydrogen-bond acceptors (Lipinski definition) is 3. The molecule has 1 amide bonds. The number of amides is 1. The van der Waals surface area contributed by atoms with Crippen molar-refractivity contribution in [3.63, 3.8) is 0 Å². The average molecular weight is 293 g/mol. The first kappa shape index (κ1) is 15.5. The summed E-state index contributed by atoms with van der Waals surface area (Å²) in [7, 11) is 1.64. The third kappa shape index (κ3) is 5.17. The van der Waals surface area contributed by atoms with E-state index in [0.29, 0.717) is 25.0 Å². The second kappa shape index (κ2) is 7.76. The Balaban J connectivity index is 1.70. The van der Waals surface area contributed by atoms with Crippen molar-refractivity contribution >= 4 is 6.09 Å². The molecule has 116 valence electrons. The van der Waals surface area contributed by atoms with Crippen LogP contribution < -0.4 is 14.8 Å². The minimum Gasteiger partial charge on any atom is -0.497 e. The summed E-state index contributed by atoms with van der Waals surface area (Å²) in [5.74, 6) is 2.66. The number of ether oxygens (including phenoxy) is 2. The normalized spacial score (nSPS) is 21.6. The molecule has 0 atom stereocenters. The Morgan fingerprint density at radius 3 is 2.57 bits per heavy atom. The van der Waals surface area contributed by atoms with Crippen molar-refractivity contribution in [2.45, 2.75) is 25.7 Å². The zero-order chi connectivity index (χ0) is 15.1. The molecule has 1 aromatic carbocycles. The molecule has 1 aliphatic carbocycles. The predicted molar refractivity (Wildman–Crippen MR) is 80.0 cm³/mol. The van der Waals surface area contributed by atoms with Crippen LogP contribution in [0, 0.1) is 11.8 Å². The van der Waals surface area contributed by atoms with Gasteiger partial charge in [-0.25, -0.2) is 4.79 Å². The van der Waals surface area contributed by atoms with E-state index < -0.39 is 6.09 Å². The molecule has 21 heavy (non-hydrogen) atoms. The Morgan fingerprint density at radius 1 is 1.24 bits per heavy atom. The number of benzene rings is 1. The van der Waals surface area contributed by atoms with E-state index in [4.69, 9.17) is 14.6 Å². The van der Waals surface area contributed by atoms with Crippen molar-refractivity contribution in [1.29, 1.82) is 0 Å². The summed E-state index contributed by atoms with van der Waals surface area (Å²) in [6, 6.07) is 7.64. The molecule has 0 saturated heterocycles. The first-order valence-electron chi connectivity index (χ1n) is 7.41. The van der Waals surface area contributed by atoms with Crippen LogP contribution in [0.5, 0.6) is 11.5 Å². The van der Waals surface area contributed by atoms with Crippen LogP contribution in [-0.2, 0) is 0 Å². The van der Waals surface area contributed by atoms with Gasteiger partial charge < -0.3 is 19.9 Å². The molecular formula is C16H23NO4. The van der Waals surface area contributed by atoms with Gasteiger partial charge in [0.05, 0.1) is 13.7 Å². The van der Waals surface area contributed by atoms with Crippen molar-refractivity contribution in [3.05, 3.63) is 24.3 Å². The van der Waals surface area contributed by atoms with Crippen LogP contribution in [0.25, 0.3) is 0 Å². The lowest BCUT2D eigenvalue weighted by molar-refractivity contribution is 0.171. The van der Waals surface area contributed by atoms with Gasteiger partial charge in [0, 0.05) is 12.6 Å². The molecule has 1 aromatic rings.